The predicted molar refractivity (Wildman–Crippen MR) is 73.7 cm³/mol. The highest BCUT2D eigenvalue weighted by molar-refractivity contribution is 5.91. The van der Waals surface area contributed by atoms with E-state index in [0.717, 1.165) is 25.5 Å². The summed E-state index contributed by atoms with van der Waals surface area (Å²) in [4.78, 5) is 28.8. The predicted octanol–water partition coefficient (Wildman–Crippen LogP) is 2.31. The van der Waals surface area contributed by atoms with E-state index in [2.05, 4.69) is 36.1 Å². The molecule has 0 aliphatic heterocycles. The Morgan fingerprint density at radius 3 is 2.85 bits per heavy atom. The van der Waals surface area contributed by atoms with Crippen molar-refractivity contribution in [1.82, 2.24) is 9.97 Å². The molecule has 1 aromatic heterocycles. The van der Waals surface area contributed by atoms with Crippen LogP contribution in [0.25, 0.3) is 0 Å². The summed E-state index contributed by atoms with van der Waals surface area (Å²) in [5, 5.41) is 2.47. The summed E-state index contributed by atoms with van der Waals surface area (Å²) in [6, 6.07) is 0. The van der Waals surface area contributed by atoms with Gasteiger partial charge in [0.2, 0.25) is 5.91 Å². The highest BCUT2D eigenvalue weighted by Crippen LogP contribution is 2.41. The Bertz CT molecular complexity index is 568. The van der Waals surface area contributed by atoms with Crippen LogP contribution < -0.4 is 11.0 Å². The van der Waals surface area contributed by atoms with Crippen molar-refractivity contribution in [3.8, 4) is 0 Å². The second-order valence-electron chi connectivity index (χ2n) is 6.51. The van der Waals surface area contributed by atoms with Gasteiger partial charge in [-0.25, -0.2) is 9.18 Å². The van der Waals surface area contributed by atoms with Crippen LogP contribution in [0, 0.1) is 23.1 Å². The minimum atomic E-state index is -0.735. The van der Waals surface area contributed by atoms with Crippen molar-refractivity contribution < 1.29 is 9.18 Å². The van der Waals surface area contributed by atoms with Crippen molar-refractivity contribution in [3.63, 3.8) is 0 Å². The number of amides is 1. The summed E-state index contributed by atoms with van der Waals surface area (Å²) in [5.41, 5.74) is -0.580. The normalized spacial score (nSPS) is 25.2. The Morgan fingerprint density at radius 2 is 2.20 bits per heavy atom. The van der Waals surface area contributed by atoms with Crippen LogP contribution in [0.4, 0.5) is 10.2 Å². The minimum Gasteiger partial charge on any atom is -0.309 e. The van der Waals surface area contributed by atoms with Crippen LogP contribution in [-0.2, 0) is 4.79 Å². The molecular weight excluding hydrogens is 261 g/mol. The monoisotopic (exact) mass is 281 g/mol. The number of H-pyrrole nitrogens is 1. The average molecular weight is 281 g/mol. The van der Waals surface area contributed by atoms with Gasteiger partial charge in [0.05, 0.1) is 6.20 Å². The number of carbonyl (C=O) groups excluding carboxylic acids is 1. The molecule has 0 bridgehead atoms. The molecular formula is C14H20FN3O2. The average Bonchev–Trinajstić information content (AvgIpc) is 2.31. The van der Waals surface area contributed by atoms with E-state index in [1.54, 1.807) is 0 Å². The van der Waals surface area contributed by atoms with Gasteiger partial charge in [-0.3, -0.25) is 9.78 Å². The highest BCUT2D eigenvalue weighted by Gasteiger charge is 2.35. The van der Waals surface area contributed by atoms with Crippen molar-refractivity contribution in [2.24, 2.45) is 17.3 Å². The summed E-state index contributed by atoms with van der Waals surface area (Å²) in [5.74, 6) is -0.891. The lowest BCUT2D eigenvalue weighted by Gasteiger charge is -2.38. The van der Waals surface area contributed by atoms with Gasteiger partial charge in [-0.1, -0.05) is 20.8 Å². The number of halogens is 1. The van der Waals surface area contributed by atoms with Crippen molar-refractivity contribution in [2.75, 3.05) is 5.32 Å². The van der Waals surface area contributed by atoms with Crippen LogP contribution in [0.1, 0.15) is 40.0 Å². The molecule has 20 heavy (non-hydrogen) atoms. The molecule has 2 rings (SSSR count). The first kappa shape index (κ1) is 14.7. The molecule has 1 heterocycles. The standard InChI is InChI=1S/C14H20FN3O2/c1-8-4-9(6-14(2,3)5-8)12(19)17-11-10(15)7-16-13(20)18-11/h7-9H,4-6H2,1-3H3,(H2,16,17,18,19,20)/t8-,9+/m0/s1. The lowest BCUT2D eigenvalue weighted by molar-refractivity contribution is -0.122. The number of aromatic amines is 1. The second-order valence-corrected chi connectivity index (χ2v) is 6.51. The van der Waals surface area contributed by atoms with Crippen molar-refractivity contribution in [2.45, 2.75) is 40.0 Å². The minimum absolute atomic E-state index is 0.101. The lowest BCUT2D eigenvalue weighted by Crippen LogP contribution is -2.35. The van der Waals surface area contributed by atoms with Gasteiger partial charge in [-0.15, -0.1) is 0 Å². The number of nitrogens with one attached hydrogen (secondary N) is 2. The fourth-order valence-corrected chi connectivity index (χ4v) is 3.24. The SMILES string of the molecule is C[C@H]1C[C@@H](C(=O)Nc2[nH]c(=O)ncc2F)CC(C)(C)C1. The van der Waals surface area contributed by atoms with Gasteiger partial charge in [0.15, 0.2) is 11.6 Å². The molecule has 0 spiro atoms. The van der Waals surface area contributed by atoms with Crippen LogP contribution in [0.2, 0.25) is 0 Å². The summed E-state index contributed by atoms with van der Waals surface area (Å²) < 4.78 is 13.5. The van der Waals surface area contributed by atoms with E-state index >= 15 is 0 Å². The number of nitrogens with zero attached hydrogens (tertiary/aromatic N) is 1. The summed E-state index contributed by atoms with van der Waals surface area (Å²) >= 11 is 0. The molecule has 1 saturated carbocycles. The van der Waals surface area contributed by atoms with Crippen LogP contribution in [0.3, 0.4) is 0 Å². The third-order valence-electron chi connectivity index (χ3n) is 3.77. The van der Waals surface area contributed by atoms with Crippen LogP contribution in [0.15, 0.2) is 11.0 Å². The van der Waals surface area contributed by atoms with Crippen LogP contribution >= 0.6 is 0 Å². The Morgan fingerprint density at radius 1 is 1.50 bits per heavy atom. The first-order valence-electron chi connectivity index (χ1n) is 6.82. The third kappa shape index (κ3) is 3.43. The quantitative estimate of drug-likeness (QED) is 0.873. The maximum atomic E-state index is 13.5. The van der Waals surface area contributed by atoms with Gasteiger partial charge in [-0.2, -0.15) is 4.98 Å². The molecule has 1 aliphatic carbocycles. The van der Waals surface area contributed by atoms with E-state index < -0.39 is 11.5 Å². The molecule has 0 radical (unpaired) electrons. The molecule has 1 fully saturated rings. The maximum absolute atomic E-state index is 13.5. The van der Waals surface area contributed by atoms with Crippen molar-refractivity contribution in [3.05, 3.63) is 22.5 Å². The largest absolute Gasteiger partial charge is 0.346 e. The van der Waals surface area contributed by atoms with Crippen molar-refractivity contribution in [1.29, 1.82) is 0 Å². The maximum Gasteiger partial charge on any atom is 0.346 e. The molecule has 2 N–H and O–H groups in total. The summed E-state index contributed by atoms with van der Waals surface area (Å²) in [6.45, 7) is 6.39. The van der Waals surface area contributed by atoms with E-state index in [1.807, 2.05) is 0 Å². The Balaban J connectivity index is 2.12. The van der Waals surface area contributed by atoms with Gasteiger partial charge < -0.3 is 5.32 Å². The zero-order valence-corrected chi connectivity index (χ0v) is 12.0. The molecule has 110 valence electrons. The molecule has 2 atom stereocenters. The van der Waals surface area contributed by atoms with Crippen LogP contribution in [-0.4, -0.2) is 15.9 Å². The summed E-state index contributed by atoms with van der Waals surface area (Å²) in [7, 11) is 0. The number of anilines is 1. The van der Waals surface area contributed by atoms with E-state index in [1.165, 1.54) is 0 Å². The second kappa shape index (κ2) is 5.34. The fourth-order valence-electron chi connectivity index (χ4n) is 3.24. The van der Waals surface area contributed by atoms with Gasteiger partial charge in [0, 0.05) is 5.92 Å². The zero-order valence-electron chi connectivity index (χ0n) is 12.0. The molecule has 1 amide bonds. The lowest BCUT2D eigenvalue weighted by atomic mass is 9.68. The van der Waals surface area contributed by atoms with E-state index in [-0.39, 0.29) is 23.1 Å². The fraction of sp³-hybridized carbons (Fsp3) is 0.643. The molecule has 6 heteroatoms. The number of hydrogen-bond donors (Lipinski definition) is 2. The third-order valence-corrected chi connectivity index (χ3v) is 3.77. The topological polar surface area (TPSA) is 74.8 Å². The van der Waals surface area contributed by atoms with Gasteiger partial charge in [0.1, 0.15) is 0 Å². The molecule has 0 aromatic carbocycles. The van der Waals surface area contributed by atoms with Crippen LogP contribution in [0.5, 0.6) is 0 Å². The number of aromatic nitrogens is 2. The van der Waals surface area contributed by atoms with Gasteiger partial charge in [-0.05, 0) is 30.6 Å². The smallest absolute Gasteiger partial charge is 0.309 e. The molecule has 1 aliphatic rings. The van der Waals surface area contributed by atoms with E-state index in [0.29, 0.717) is 5.92 Å². The number of hydrogen-bond acceptors (Lipinski definition) is 3. The summed E-state index contributed by atoms with van der Waals surface area (Å²) in [6.07, 6.45) is 3.44. The molecule has 5 nitrogen and oxygen atoms in total. The number of rotatable bonds is 2. The van der Waals surface area contributed by atoms with E-state index in [9.17, 15) is 14.0 Å². The first-order chi connectivity index (χ1) is 9.27. The Labute approximate surface area is 117 Å². The van der Waals surface area contributed by atoms with Gasteiger partial charge >= 0.3 is 5.69 Å². The Hall–Kier alpha value is -1.72. The van der Waals surface area contributed by atoms with Crippen molar-refractivity contribution >= 4 is 11.7 Å². The molecule has 0 saturated heterocycles. The number of carbonyl (C=O) groups is 1. The molecule has 0 unspecified atom stereocenters. The highest BCUT2D eigenvalue weighted by atomic mass is 19.1. The first-order valence-corrected chi connectivity index (χ1v) is 6.82. The zero-order chi connectivity index (χ0) is 14.9. The van der Waals surface area contributed by atoms with Gasteiger partial charge in [0.25, 0.3) is 0 Å². The Kier molecular flexibility index (Phi) is 3.92. The van der Waals surface area contributed by atoms with E-state index in [4.69, 9.17) is 0 Å². The molecule has 1 aromatic rings.